The summed E-state index contributed by atoms with van der Waals surface area (Å²) in [5.74, 6) is 0.144. The van der Waals surface area contributed by atoms with Crippen molar-refractivity contribution in [2.24, 2.45) is 0 Å². The van der Waals surface area contributed by atoms with E-state index in [-0.39, 0.29) is 5.91 Å². The maximum Gasteiger partial charge on any atom is 0.254 e. The Bertz CT molecular complexity index is 939. The highest BCUT2D eigenvalue weighted by Crippen LogP contribution is 2.25. The molecule has 25 heavy (non-hydrogen) atoms. The van der Waals surface area contributed by atoms with Crippen LogP contribution in [-0.2, 0) is 13.0 Å². The first kappa shape index (κ1) is 14.7. The van der Waals surface area contributed by atoms with E-state index in [0.29, 0.717) is 6.04 Å². The van der Waals surface area contributed by atoms with E-state index >= 15 is 0 Å². The maximum absolute atomic E-state index is 12.7. The number of aromatic amines is 1. The van der Waals surface area contributed by atoms with Gasteiger partial charge in [-0.1, -0.05) is 30.3 Å². The molecule has 1 amide bonds. The number of nitrogens with zero attached hydrogens (tertiary/aromatic N) is 2. The summed E-state index contributed by atoms with van der Waals surface area (Å²) in [4.78, 5) is 20.4. The average Bonchev–Trinajstić information content (AvgIpc) is 3.08. The van der Waals surface area contributed by atoms with E-state index in [4.69, 9.17) is 0 Å². The Morgan fingerprint density at radius 3 is 2.76 bits per heavy atom. The Kier molecular flexibility index (Phi) is 3.38. The number of fused-ring (bicyclic) bond motifs is 2. The maximum atomic E-state index is 12.7. The molecule has 0 radical (unpaired) electrons. The van der Waals surface area contributed by atoms with E-state index in [1.165, 1.54) is 11.1 Å². The summed E-state index contributed by atoms with van der Waals surface area (Å²) in [6.45, 7) is 3.78. The van der Waals surface area contributed by atoms with E-state index < -0.39 is 0 Å². The molecule has 2 aliphatic heterocycles. The molecule has 2 aliphatic rings. The van der Waals surface area contributed by atoms with Gasteiger partial charge in [-0.2, -0.15) is 0 Å². The predicted molar refractivity (Wildman–Crippen MR) is 98.5 cm³/mol. The van der Waals surface area contributed by atoms with E-state index in [1.54, 1.807) is 0 Å². The molecule has 5 rings (SSSR count). The van der Waals surface area contributed by atoms with Crippen LogP contribution < -0.4 is 0 Å². The lowest BCUT2D eigenvalue weighted by molar-refractivity contribution is 0.0218. The minimum absolute atomic E-state index is 0.144. The highest BCUT2D eigenvalue weighted by molar-refractivity contribution is 5.98. The van der Waals surface area contributed by atoms with Crippen LogP contribution in [0.1, 0.15) is 21.5 Å². The third-order valence-electron chi connectivity index (χ3n) is 5.63. The molecule has 0 aliphatic carbocycles. The van der Waals surface area contributed by atoms with E-state index in [2.05, 4.69) is 34.1 Å². The van der Waals surface area contributed by atoms with Gasteiger partial charge in [-0.25, -0.2) is 0 Å². The minimum atomic E-state index is 0.144. The highest BCUT2D eigenvalue weighted by atomic mass is 16.2. The number of amides is 1. The summed E-state index contributed by atoms with van der Waals surface area (Å²) in [6, 6.07) is 17.1. The molecular weight excluding hydrogens is 310 g/mol. The van der Waals surface area contributed by atoms with Gasteiger partial charge in [-0.15, -0.1) is 0 Å². The first-order valence-electron chi connectivity index (χ1n) is 8.95. The molecule has 4 heteroatoms. The van der Waals surface area contributed by atoms with Crippen LogP contribution in [0.3, 0.4) is 0 Å². The minimum Gasteiger partial charge on any atom is -0.361 e. The number of benzene rings is 2. The number of carbonyl (C=O) groups is 1. The van der Waals surface area contributed by atoms with Gasteiger partial charge in [0.05, 0.1) is 0 Å². The molecule has 0 saturated carbocycles. The third-order valence-corrected chi connectivity index (χ3v) is 5.63. The summed E-state index contributed by atoms with van der Waals surface area (Å²) in [5, 5.41) is 1.14. The highest BCUT2D eigenvalue weighted by Gasteiger charge is 2.36. The van der Waals surface area contributed by atoms with Crippen molar-refractivity contribution in [1.29, 1.82) is 0 Å². The molecule has 1 fully saturated rings. The zero-order valence-electron chi connectivity index (χ0n) is 14.1. The van der Waals surface area contributed by atoms with Crippen LogP contribution >= 0.6 is 0 Å². The van der Waals surface area contributed by atoms with Crippen molar-refractivity contribution < 1.29 is 4.79 Å². The lowest BCUT2D eigenvalue weighted by atomic mass is 9.96. The summed E-state index contributed by atoms with van der Waals surface area (Å²) in [5.41, 5.74) is 4.72. The Morgan fingerprint density at radius 2 is 1.88 bits per heavy atom. The largest absolute Gasteiger partial charge is 0.361 e. The quantitative estimate of drug-likeness (QED) is 0.784. The van der Waals surface area contributed by atoms with Gasteiger partial charge in [-0.05, 0) is 41.1 Å². The third kappa shape index (κ3) is 2.53. The number of likely N-dealkylation sites (tertiary alicyclic amines) is 1. The van der Waals surface area contributed by atoms with Gasteiger partial charge in [0.1, 0.15) is 0 Å². The van der Waals surface area contributed by atoms with E-state index in [1.807, 2.05) is 35.4 Å². The van der Waals surface area contributed by atoms with Crippen LogP contribution in [0.25, 0.3) is 10.9 Å². The Balaban J connectivity index is 1.25. The second-order valence-corrected chi connectivity index (χ2v) is 7.13. The van der Waals surface area contributed by atoms with Crippen LogP contribution in [0.4, 0.5) is 0 Å². The number of aromatic nitrogens is 1. The Morgan fingerprint density at radius 1 is 1.04 bits per heavy atom. The zero-order chi connectivity index (χ0) is 16.8. The van der Waals surface area contributed by atoms with Gasteiger partial charge in [0.25, 0.3) is 5.91 Å². The van der Waals surface area contributed by atoms with Crippen LogP contribution in [-0.4, -0.2) is 46.4 Å². The first-order chi connectivity index (χ1) is 12.3. The van der Waals surface area contributed by atoms with Gasteiger partial charge in [0.2, 0.25) is 0 Å². The van der Waals surface area contributed by atoms with Crippen molar-refractivity contribution in [3.8, 4) is 0 Å². The van der Waals surface area contributed by atoms with Gasteiger partial charge < -0.3 is 9.88 Å². The second-order valence-electron chi connectivity index (χ2n) is 7.13. The molecule has 2 aromatic carbocycles. The molecule has 1 N–H and O–H groups in total. The summed E-state index contributed by atoms with van der Waals surface area (Å²) in [6.07, 6.45) is 3.02. The smallest absolute Gasteiger partial charge is 0.254 e. The van der Waals surface area contributed by atoms with E-state index in [0.717, 1.165) is 49.1 Å². The van der Waals surface area contributed by atoms with Gasteiger partial charge in [0.15, 0.2) is 0 Å². The topological polar surface area (TPSA) is 39.3 Å². The van der Waals surface area contributed by atoms with Crippen molar-refractivity contribution in [3.05, 3.63) is 71.4 Å². The van der Waals surface area contributed by atoms with Crippen molar-refractivity contribution in [3.63, 3.8) is 0 Å². The van der Waals surface area contributed by atoms with Gasteiger partial charge >= 0.3 is 0 Å². The second kappa shape index (κ2) is 5.74. The molecule has 0 spiro atoms. The van der Waals surface area contributed by atoms with Crippen LogP contribution in [0, 0.1) is 0 Å². The SMILES string of the molecule is O=C(c1ccc2cc[nH]c2c1)N1CC(N2CCc3ccccc3C2)C1. The van der Waals surface area contributed by atoms with Gasteiger partial charge in [-0.3, -0.25) is 9.69 Å². The van der Waals surface area contributed by atoms with Crippen molar-refractivity contribution >= 4 is 16.8 Å². The molecular formula is C21H21N3O. The van der Waals surface area contributed by atoms with Crippen LogP contribution in [0.5, 0.6) is 0 Å². The predicted octanol–water partition coefficient (Wildman–Crippen LogP) is 3.05. The molecule has 126 valence electrons. The normalized spacial score (nSPS) is 18.2. The molecule has 0 unspecified atom stereocenters. The Hall–Kier alpha value is -2.59. The molecule has 1 aromatic heterocycles. The number of hydrogen-bond acceptors (Lipinski definition) is 2. The summed E-state index contributed by atoms with van der Waals surface area (Å²) in [7, 11) is 0. The number of rotatable bonds is 2. The fraction of sp³-hybridized carbons (Fsp3) is 0.286. The summed E-state index contributed by atoms with van der Waals surface area (Å²) < 4.78 is 0. The van der Waals surface area contributed by atoms with Crippen molar-refractivity contribution in [1.82, 2.24) is 14.8 Å². The molecule has 4 nitrogen and oxygen atoms in total. The number of nitrogens with one attached hydrogen (secondary N) is 1. The van der Waals surface area contributed by atoms with Crippen LogP contribution in [0.15, 0.2) is 54.7 Å². The number of hydrogen-bond donors (Lipinski definition) is 1. The monoisotopic (exact) mass is 331 g/mol. The molecule has 3 aromatic rings. The lowest BCUT2D eigenvalue weighted by Crippen LogP contribution is -2.61. The molecule has 3 heterocycles. The lowest BCUT2D eigenvalue weighted by Gasteiger charge is -2.47. The van der Waals surface area contributed by atoms with E-state index in [9.17, 15) is 4.79 Å². The zero-order valence-corrected chi connectivity index (χ0v) is 14.1. The average molecular weight is 331 g/mol. The Labute approximate surface area is 147 Å². The van der Waals surface area contributed by atoms with Crippen molar-refractivity contribution in [2.75, 3.05) is 19.6 Å². The fourth-order valence-corrected chi connectivity index (χ4v) is 4.04. The number of carbonyl (C=O) groups excluding carboxylic acids is 1. The van der Waals surface area contributed by atoms with Crippen LogP contribution in [0.2, 0.25) is 0 Å². The molecule has 0 atom stereocenters. The summed E-state index contributed by atoms with van der Waals surface area (Å²) >= 11 is 0. The first-order valence-corrected chi connectivity index (χ1v) is 8.95. The number of H-pyrrole nitrogens is 1. The van der Waals surface area contributed by atoms with Gasteiger partial charge in [0, 0.05) is 49.5 Å². The standard InChI is InChI=1S/C21H21N3O/c25-21(17-6-5-16-7-9-22-20(16)11-17)24-13-19(14-24)23-10-8-15-3-1-2-4-18(15)12-23/h1-7,9,11,19,22H,8,10,12-14H2. The molecule has 1 saturated heterocycles. The van der Waals surface area contributed by atoms with Crippen molar-refractivity contribution in [2.45, 2.75) is 19.0 Å². The fourth-order valence-electron chi connectivity index (χ4n) is 4.04. The molecule has 0 bridgehead atoms.